The van der Waals surface area contributed by atoms with Crippen LogP contribution >= 0.6 is 0 Å². The Morgan fingerprint density at radius 2 is 1.48 bits per heavy atom. The van der Waals surface area contributed by atoms with E-state index < -0.39 is 12.6 Å². The Labute approximate surface area is 134 Å². The van der Waals surface area contributed by atoms with Crippen molar-refractivity contribution in [1.82, 2.24) is 0 Å². The number of benzene rings is 2. The van der Waals surface area contributed by atoms with E-state index in [9.17, 15) is 18.0 Å². The van der Waals surface area contributed by atoms with Crippen molar-refractivity contribution in [2.75, 3.05) is 0 Å². The first-order chi connectivity index (χ1) is 10.6. The summed E-state index contributed by atoms with van der Waals surface area (Å²) in [5, 5.41) is 0. The van der Waals surface area contributed by atoms with E-state index in [1.165, 1.54) is 18.2 Å². The summed E-state index contributed by atoms with van der Waals surface area (Å²) in [6.07, 6.45) is -5.44. The number of alkyl halides is 3. The Balaban J connectivity index is 2.34. The Kier molecular flexibility index (Phi) is 4.64. The molecule has 0 aromatic heterocycles. The van der Waals surface area contributed by atoms with Crippen molar-refractivity contribution in [2.45, 2.75) is 38.8 Å². The average molecular weight is 320 g/mol. The van der Waals surface area contributed by atoms with E-state index >= 15 is 0 Å². The second-order valence-corrected chi connectivity index (χ2v) is 6.61. The lowest BCUT2D eigenvalue weighted by atomic mass is 9.86. The summed E-state index contributed by atoms with van der Waals surface area (Å²) >= 11 is 0. The summed E-state index contributed by atoms with van der Waals surface area (Å²) in [5.41, 5.74) is 1.53. The van der Waals surface area contributed by atoms with Crippen LogP contribution in [0.25, 0.3) is 0 Å². The number of carbonyl (C=O) groups excluding carboxylic acids is 1. The van der Waals surface area contributed by atoms with E-state index in [1.54, 1.807) is 18.2 Å². The lowest BCUT2D eigenvalue weighted by molar-refractivity contribution is -0.127. The van der Waals surface area contributed by atoms with Gasteiger partial charge in [-0.2, -0.15) is 13.2 Å². The van der Waals surface area contributed by atoms with Crippen molar-refractivity contribution in [3.63, 3.8) is 0 Å². The minimum atomic E-state index is -4.34. The van der Waals surface area contributed by atoms with Crippen molar-refractivity contribution in [2.24, 2.45) is 0 Å². The molecule has 1 nitrogen and oxygen atoms in total. The zero-order chi connectivity index (χ0) is 17.3. The van der Waals surface area contributed by atoms with Crippen LogP contribution in [0.15, 0.2) is 48.5 Å². The first-order valence-corrected chi connectivity index (χ1v) is 7.38. The van der Waals surface area contributed by atoms with Crippen LogP contribution in [0.5, 0.6) is 0 Å². The molecule has 0 unspecified atom stereocenters. The van der Waals surface area contributed by atoms with Crippen LogP contribution in [0.2, 0.25) is 0 Å². The molecule has 2 aromatic rings. The molecule has 23 heavy (non-hydrogen) atoms. The summed E-state index contributed by atoms with van der Waals surface area (Å²) in [6, 6.07) is 12.9. The zero-order valence-electron chi connectivity index (χ0n) is 13.4. The molecular weight excluding hydrogens is 301 g/mol. The van der Waals surface area contributed by atoms with Crippen molar-refractivity contribution in [1.29, 1.82) is 0 Å². The Hall–Kier alpha value is -2.10. The Morgan fingerprint density at radius 3 is 2.00 bits per heavy atom. The third-order valence-corrected chi connectivity index (χ3v) is 3.67. The highest BCUT2D eigenvalue weighted by atomic mass is 19.4. The van der Waals surface area contributed by atoms with Crippen LogP contribution in [0.1, 0.15) is 47.8 Å². The molecule has 0 radical (unpaired) electrons. The molecule has 0 fully saturated rings. The van der Waals surface area contributed by atoms with Crippen LogP contribution in [-0.2, 0) is 11.8 Å². The van der Waals surface area contributed by atoms with Crippen LogP contribution in [0, 0.1) is 0 Å². The number of hydrogen-bond donors (Lipinski definition) is 0. The maximum atomic E-state index is 12.7. The molecule has 0 spiro atoms. The smallest absolute Gasteiger partial charge is 0.289 e. The first-order valence-electron chi connectivity index (χ1n) is 7.38. The molecule has 0 saturated carbocycles. The Bertz CT molecular complexity index is 692. The van der Waals surface area contributed by atoms with E-state index in [0.717, 1.165) is 5.56 Å². The molecule has 122 valence electrons. The van der Waals surface area contributed by atoms with Gasteiger partial charge in [-0.1, -0.05) is 69.3 Å². The van der Waals surface area contributed by atoms with Gasteiger partial charge in [0.05, 0.1) is 6.42 Å². The van der Waals surface area contributed by atoms with Gasteiger partial charge in [-0.05, 0) is 16.5 Å². The van der Waals surface area contributed by atoms with Crippen LogP contribution in [0.3, 0.4) is 0 Å². The second kappa shape index (κ2) is 6.19. The van der Waals surface area contributed by atoms with Crippen molar-refractivity contribution < 1.29 is 18.0 Å². The van der Waals surface area contributed by atoms with Crippen molar-refractivity contribution >= 4 is 5.78 Å². The molecule has 0 bridgehead atoms. The van der Waals surface area contributed by atoms with E-state index in [2.05, 4.69) is 20.8 Å². The largest absolute Gasteiger partial charge is 0.393 e. The van der Waals surface area contributed by atoms with Gasteiger partial charge in [0.25, 0.3) is 0 Å². The summed E-state index contributed by atoms with van der Waals surface area (Å²) in [4.78, 5) is 12.5. The monoisotopic (exact) mass is 320 g/mol. The standard InChI is InChI=1S/C19H19F3O/c1-18(2,3)15-10-8-13(9-11-15)17(23)16-7-5-4-6-14(16)12-19(20,21)22/h4-11H,12H2,1-3H3. The van der Waals surface area contributed by atoms with Gasteiger partial charge in [-0.15, -0.1) is 0 Å². The molecule has 2 rings (SSSR count). The van der Waals surface area contributed by atoms with Crippen LogP contribution in [-0.4, -0.2) is 12.0 Å². The second-order valence-electron chi connectivity index (χ2n) is 6.61. The summed E-state index contributed by atoms with van der Waals surface area (Å²) in [7, 11) is 0. The molecule has 0 aliphatic heterocycles. The van der Waals surface area contributed by atoms with E-state index in [-0.39, 0.29) is 22.3 Å². The number of hydrogen-bond acceptors (Lipinski definition) is 1. The summed E-state index contributed by atoms with van der Waals surface area (Å²) in [6.45, 7) is 6.17. The topological polar surface area (TPSA) is 17.1 Å². The van der Waals surface area contributed by atoms with Gasteiger partial charge in [0.15, 0.2) is 5.78 Å². The predicted molar refractivity (Wildman–Crippen MR) is 84.8 cm³/mol. The van der Waals surface area contributed by atoms with Crippen LogP contribution in [0.4, 0.5) is 13.2 Å². The average Bonchev–Trinajstić information content (AvgIpc) is 2.45. The molecule has 4 heteroatoms. The minimum absolute atomic E-state index is 0.00454. The molecule has 2 aromatic carbocycles. The molecule has 0 N–H and O–H groups in total. The normalized spacial score (nSPS) is 12.3. The van der Waals surface area contributed by atoms with Gasteiger partial charge in [-0.25, -0.2) is 0 Å². The highest BCUT2D eigenvalue weighted by Crippen LogP contribution is 2.26. The molecule has 0 amide bonds. The lowest BCUT2D eigenvalue weighted by Crippen LogP contribution is -2.15. The highest BCUT2D eigenvalue weighted by molar-refractivity contribution is 6.09. The molecule has 0 heterocycles. The molecule has 0 saturated heterocycles. The van der Waals surface area contributed by atoms with E-state index in [1.807, 2.05) is 12.1 Å². The van der Waals surface area contributed by atoms with Crippen molar-refractivity contribution in [3.05, 3.63) is 70.8 Å². The Morgan fingerprint density at radius 1 is 0.913 bits per heavy atom. The lowest BCUT2D eigenvalue weighted by Gasteiger charge is -2.19. The first kappa shape index (κ1) is 17.3. The van der Waals surface area contributed by atoms with Gasteiger partial charge in [0, 0.05) is 11.1 Å². The van der Waals surface area contributed by atoms with Gasteiger partial charge in [0.2, 0.25) is 0 Å². The minimum Gasteiger partial charge on any atom is -0.289 e. The third kappa shape index (κ3) is 4.44. The quantitative estimate of drug-likeness (QED) is 0.700. The molecule has 0 atom stereocenters. The van der Waals surface area contributed by atoms with Gasteiger partial charge >= 0.3 is 6.18 Å². The van der Waals surface area contributed by atoms with Gasteiger partial charge < -0.3 is 0 Å². The maximum Gasteiger partial charge on any atom is 0.393 e. The van der Waals surface area contributed by atoms with E-state index in [0.29, 0.717) is 5.56 Å². The number of carbonyl (C=O) groups is 1. The maximum absolute atomic E-state index is 12.7. The van der Waals surface area contributed by atoms with Gasteiger partial charge in [-0.3, -0.25) is 4.79 Å². The molecule has 0 aliphatic carbocycles. The predicted octanol–water partition coefficient (Wildman–Crippen LogP) is 5.32. The van der Waals surface area contributed by atoms with E-state index in [4.69, 9.17) is 0 Å². The van der Waals surface area contributed by atoms with Gasteiger partial charge in [0.1, 0.15) is 0 Å². The van der Waals surface area contributed by atoms with Crippen molar-refractivity contribution in [3.8, 4) is 0 Å². The number of ketones is 1. The number of rotatable bonds is 3. The molecular formula is C19H19F3O. The summed E-state index contributed by atoms with van der Waals surface area (Å²) < 4.78 is 38.0. The SMILES string of the molecule is CC(C)(C)c1ccc(C(=O)c2ccccc2CC(F)(F)F)cc1. The number of halogens is 3. The molecule has 0 aliphatic rings. The fraction of sp³-hybridized carbons (Fsp3) is 0.316. The zero-order valence-corrected chi connectivity index (χ0v) is 13.4. The fourth-order valence-electron chi connectivity index (χ4n) is 2.39. The fourth-order valence-corrected chi connectivity index (χ4v) is 2.39. The summed E-state index contributed by atoms with van der Waals surface area (Å²) in [5.74, 6) is -0.384. The third-order valence-electron chi connectivity index (χ3n) is 3.67. The highest BCUT2D eigenvalue weighted by Gasteiger charge is 2.30. The van der Waals surface area contributed by atoms with Crippen LogP contribution < -0.4 is 0 Å².